The molecule has 1 unspecified atom stereocenters. The molecular formula is C21H19F3N2O. The minimum atomic E-state index is -1.27. The molecule has 3 nitrogen and oxygen atoms in total. The maximum atomic E-state index is 14.7. The number of nitrogens with zero attached hydrogens (tertiary/aromatic N) is 1. The number of phenols is 1. The van der Waals surface area contributed by atoms with Gasteiger partial charge in [0.05, 0.1) is 6.04 Å². The molecule has 0 bridgehead atoms. The van der Waals surface area contributed by atoms with Crippen molar-refractivity contribution < 1.29 is 18.3 Å². The molecule has 0 spiro atoms. The van der Waals surface area contributed by atoms with Crippen molar-refractivity contribution in [3.8, 4) is 5.75 Å². The first-order chi connectivity index (χ1) is 13.0. The number of hydrogen-bond donors (Lipinski definition) is 2. The molecule has 1 atom stereocenters. The average molecular weight is 372 g/mol. The molecule has 3 aromatic rings. The van der Waals surface area contributed by atoms with Crippen LogP contribution in [-0.4, -0.2) is 33.7 Å². The second kappa shape index (κ2) is 5.76. The highest BCUT2D eigenvalue weighted by Gasteiger charge is 2.47. The van der Waals surface area contributed by atoms with Gasteiger partial charge in [0, 0.05) is 47.4 Å². The lowest BCUT2D eigenvalue weighted by atomic mass is 9.91. The minimum Gasteiger partial charge on any atom is -0.508 e. The number of aromatic hydroxyl groups is 1. The van der Waals surface area contributed by atoms with E-state index in [0.717, 1.165) is 28.6 Å². The van der Waals surface area contributed by atoms with Crippen LogP contribution in [0.25, 0.3) is 10.9 Å². The Bertz CT molecular complexity index is 1020. The Kier molecular flexibility index (Phi) is 3.56. The Balaban J connectivity index is 1.70. The fourth-order valence-electron chi connectivity index (χ4n) is 4.28. The van der Waals surface area contributed by atoms with Crippen molar-refractivity contribution in [2.24, 2.45) is 0 Å². The van der Waals surface area contributed by atoms with E-state index >= 15 is 0 Å². The molecule has 140 valence electrons. The Hall–Kier alpha value is -2.47. The maximum absolute atomic E-state index is 14.7. The molecule has 2 aliphatic rings. The van der Waals surface area contributed by atoms with Crippen LogP contribution in [0.4, 0.5) is 13.2 Å². The van der Waals surface area contributed by atoms with Crippen molar-refractivity contribution in [1.82, 2.24) is 9.88 Å². The summed E-state index contributed by atoms with van der Waals surface area (Å²) in [7, 11) is 0. The lowest BCUT2D eigenvalue weighted by Gasteiger charge is -2.37. The van der Waals surface area contributed by atoms with Gasteiger partial charge in [0.25, 0.3) is 0 Å². The van der Waals surface area contributed by atoms with Crippen LogP contribution in [0, 0.1) is 11.6 Å². The number of alkyl halides is 1. The summed E-state index contributed by atoms with van der Waals surface area (Å²) in [5, 5.41) is 10.6. The normalized spacial score (nSPS) is 21.4. The second-order valence-corrected chi connectivity index (χ2v) is 7.66. The molecule has 1 aromatic heterocycles. The van der Waals surface area contributed by atoms with Gasteiger partial charge < -0.3 is 10.1 Å². The molecule has 0 radical (unpaired) electrons. The van der Waals surface area contributed by atoms with Crippen LogP contribution in [0.1, 0.15) is 35.7 Å². The SMILES string of the molecule is Oc1cc(F)c(C2c3[nH]c4ccccc4c3CCN2CC2(F)CC2)c(F)c1. The third-order valence-corrected chi connectivity index (χ3v) is 5.75. The monoisotopic (exact) mass is 372 g/mol. The van der Waals surface area contributed by atoms with Crippen LogP contribution in [0.3, 0.4) is 0 Å². The molecule has 1 aliphatic heterocycles. The summed E-state index contributed by atoms with van der Waals surface area (Å²) in [6, 6.07) is 8.81. The van der Waals surface area contributed by atoms with Crippen LogP contribution < -0.4 is 0 Å². The van der Waals surface area contributed by atoms with E-state index in [2.05, 4.69) is 4.98 Å². The van der Waals surface area contributed by atoms with Crippen molar-refractivity contribution in [1.29, 1.82) is 0 Å². The predicted molar refractivity (Wildman–Crippen MR) is 96.5 cm³/mol. The largest absolute Gasteiger partial charge is 0.508 e. The van der Waals surface area contributed by atoms with Crippen molar-refractivity contribution in [3.63, 3.8) is 0 Å². The zero-order valence-electron chi connectivity index (χ0n) is 14.6. The molecule has 2 N–H and O–H groups in total. The maximum Gasteiger partial charge on any atom is 0.135 e. The first kappa shape index (κ1) is 16.7. The number of nitrogens with one attached hydrogen (secondary N) is 1. The van der Waals surface area contributed by atoms with E-state index in [4.69, 9.17) is 0 Å². The number of para-hydroxylation sites is 1. The molecule has 1 aliphatic carbocycles. The van der Waals surface area contributed by atoms with Crippen LogP contribution in [0.2, 0.25) is 0 Å². The lowest BCUT2D eigenvalue weighted by molar-refractivity contribution is 0.135. The fourth-order valence-corrected chi connectivity index (χ4v) is 4.28. The highest BCUT2D eigenvalue weighted by molar-refractivity contribution is 5.85. The summed E-state index contributed by atoms with van der Waals surface area (Å²) in [6.45, 7) is 0.664. The van der Waals surface area contributed by atoms with E-state index in [0.29, 0.717) is 31.5 Å². The van der Waals surface area contributed by atoms with Gasteiger partial charge in [-0.25, -0.2) is 13.2 Å². The van der Waals surface area contributed by atoms with Crippen molar-refractivity contribution in [2.75, 3.05) is 13.1 Å². The average Bonchev–Trinajstić information content (AvgIpc) is 3.22. The zero-order chi connectivity index (χ0) is 18.8. The summed E-state index contributed by atoms with van der Waals surface area (Å²) < 4.78 is 44.0. The summed E-state index contributed by atoms with van der Waals surface area (Å²) in [4.78, 5) is 5.13. The van der Waals surface area contributed by atoms with Gasteiger partial charge in [-0.05, 0) is 30.9 Å². The predicted octanol–water partition coefficient (Wildman–Crippen LogP) is 4.60. The van der Waals surface area contributed by atoms with Gasteiger partial charge in [-0.15, -0.1) is 0 Å². The number of aromatic nitrogens is 1. The highest BCUT2D eigenvalue weighted by atomic mass is 19.1. The highest BCUT2D eigenvalue weighted by Crippen LogP contribution is 2.46. The third kappa shape index (κ3) is 2.70. The van der Waals surface area contributed by atoms with Crippen LogP contribution in [0.5, 0.6) is 5.75 Å². The van der Waals surface area contributed by atoms with Gasteiger partial charge >= 0.3 is 0 Å². The fraction of sp³-hybridized carbons (Fsp3) is 0.333. The minimum absolute atomic E-state index is 0.145. The Morgan fingerprint density at radius 3 is 2.56 bits per heavy atom. The number of H-pyrrole nitrogens is 1. The van der Waals surface area contributed by atoms with E-state index in [9.17, 15) is 18.3 Å². The third-order valence-electron chi connectivity index (χ3n) is 5.75. The quantitative estimate of drug-likeness (QED) is 0.705. The molecule has 0 amide bonds. The van der Waals surface area contributed by atoms with Crippen LogP contribution in [0.15, 0.2) is 36.4 Å². The number of rotatable bonds is 3. The van der Waals surface area contributed by atoms with Crippen LogP contribution >= 0.6 is 0 Å². The molecule has 2 heterocycles. The van der Waals surface area contributed by atoms with Crippen LogP contribution in [-0.2, 0) is 6.42 Å². The van der Waals surface area contributed by atoms with Gasteiger partial charge in [-0.3, -0.25) is 4.90 Å². The summed E-state index contributed by atoms with van der Waals surface area (Å²) in [5.74, 6) is -2.10. The molecule has 1 fully saturated rings. The van der Waals surface area contributed by atoms with Gasteiger partial charge in [0.15, 0.2) is 0 Å². The molecular weight excluding hydrogens is 353 g/mol. The van der Waals surface area contributed by atoms with E-state index in [1.54, 1.807) is 0 Å². The Morgan fingerprint density at radius 1 is 1.15 bits per heavy atom. The lowest BCUT2D eigenvalue weighted by Crippen LogP contribution is -2.41. The topological polar surface area (TPSA) is 39.3 Å². The summed E-state index contributed by atoms with van der Waals surface area (Å²) in [5.41, 5.74) is 1.20. The number of halogens is 3. The summed E-state index contributed by atoms with van der Waals surface area (Å²) in [6.07, 6.45) is 1.65. The number of aromatic amines is 1. The molecule has 6 heteroatoms. The van der Waals surface area contributed by atoms with E-state index in [-0.39, 0.29) is 12.1 Å². The van der Waals surface area contributed by atoms with Gasteiger partial charge in [-0.1, -0.05) is 18.2 Å². The first-order valence-electron chi connectivity index (χ1n) is 9.15. The first-order valence-corrected chi connectivity index (χ1v) is 9.15. The van der Waals surface area contributed by atoms with Crippen molar-refractivity contribution >= 4 is 10.9 Å². The molecule has 1 saturated carbocycles. The Morgan fingerprint density at radius 2 is 1.85 bits per heavy atom. The smallest absolute Gasteiger partial charge is 0.135 e. The Labute approximate surface area is 154 Å². The second-order valence-electron chi connectivity index (χ2n) is 7.66. The van der Waals surface area contributed by atoms with Crippen molar-refractivity contribution in [3.05, 3.63) is 64.9 Å². The molecule has 27 heavy (non-hydrogen) atoms. The van der Waals surface area contributed by atoms with Gasteiger partial charge in [0.2, 0.25) is 0 Å². The zero-order valence-corrected chi connectivity index (χ0v) is 14.6. The van der Waals surface area contributed by atoms with Crippen molar-refractivity contribution in [2.45, 2.75) is 31.0 Å². The van der Waals surface area contributed by atoms with Gasteiger partial charge in [0.1, 0.15) is 23.1 Å². The van der Waals surface area contributed by atoms with E-state index in [1.807, 2.05) is 29.2 Å². The van der Waals surface area contributed by atoms with Gasteiger partial charge in [-0.2, -0.15) is 0 Å². The number of fused-ring (bicyclic) bond motifs is 3. The molecule has 2 aromatic carbocycles. The van der Waals surface area contributed by atoms with E-state index < -0.39 is 29.1 Å². The number of benzene rings is 2. The summed E-state index contributed by atoms with van der Waals surface area (Å²) >= 11 is 0. The standard InChI is InChI=1S/C21H19F3N2O/c22-15-9-12(27)10-16(23)18(15)20-19-14(13-3-1-2-4-17(13)25-19)5-8-26(20)11-21(24)6-7-21/h1-4,9-10,20,25,27H,5-8,11H2. The van der Waals surface area contributed by atoms with E-state index in [1.165, 1.54) is 0 Å². The number of phenolic OH excluding ortho intramolecular Hbond substituents is 1. The molecule has 0 saturated heterocycles. The molecule has 5 rings (SSSR count). The number of hydrogen-bond acceptors (Lipinski definition) is 2.